The summed E-state index contributed by atoms with van der Waals surface area (Å²) in [6.07, 6.45) is 3.90. The summed E-state index contributed by atoms with van der Waals surface area (Å²) in [7, 11) is 0. The normalized spacial score (nSPS) is 11.3. The van der Waals surface area contributed by atoms with Gasteiger partial charge in [0.2, 0.25) is 0 Å². The molecule has 3 rings (SSSR count). The third-order valence-corrected chi connectivity index (χ3v) is 3.56. The molecule has 21 heavy (non-hydrogen) atoms. The lowest BCUT2D eigenvalue weighted by Gasteiger charge is -2.08. The molecule has 0 amide bonds. The topological polar surface area (TPSA) is 30.2 Å². The largest absolute Gasteiger partial charge is 0.455 e. The first-order valence-corrected chi connectivity index (χ1v) is 6.97. The van der Waals surface area contributed by atoms with Crippen molar-refractivity contribution in [3.05, 3.63) is 76.0 Å². The molecule has 1 aromatic heterocycles. The molecule has 0 N–H and O–H groups in total. The quantitative estimate of drug-likeness (QED) is 0.673. The molecule has 2 heteroatoms. The summed E-state index contributed by atoms with van der Waals surface area (Å²) in [5, 5.41) is 0.628. The molecule has 0 radical (unpaired) electrons. The number of fused-ring (bicyclic) bond motifs is 1. The highest BCUT2D eigenvalue weighted by Crippen LogP contribution is 2.27. The second-order valence-electron chi connectivity index (χ2n) is 4.98. The zero-order valence-electron chi connectivity index (χ0n) is 12.1. The van der Waals surface area contributed by atoms with Crippen molar-refractivity contribution in [3.63, 3.8) is 0 Å². The number of hydrogen-bond donors (Lipinski definition) is 0. The van der Waals surface area contributed by atoms with Crippen LogP contribution in [0.4, 0.5) is 0 Å². The Morgan fingerprint density at radius 2 is 1.76 bits per heavy atom. The van der Waals surface area contributed by atoms with Crippen LogP contribution in [-0.4, -0.2) is 0 Å². The van der Waals surface area contributed by atoms with Crippen LogP contribution < -0.4 is 5.43 Å². The summed E-state index contributed by atoms with van der Waals surface area (Å²) >= 11 is 0. The molecule has 2 nitrogen and oxygen atoms in total. The molecule has 104 valence electrons. The van der Waals surface area contributed by atoms with E-state index in [0.29, 0.717) is 22.3 Å². The molecular weight excluding hydrogens is 260 g/mol. The molecule has 0 saturated heterocycles. The van der Waals surface area contributed by atoms with Gasteiger partial charge in [0.1, 0.15) is 11.3 Å². The van der Waals surface area contributed by atoms with Crippen LogP contribution in [0.2, 0.25) is 0 Å². The van der Waals surface area contributed by atoms with Crippen molar-refractivity contribution in [2.45, 2.75) is 13.8 Å². The number of hydrogen-bond acceptors (Lipinski definition) is 2. The summed E-state index contributed by atoms with van der Waals surface area (Å²) in [4.78, 5) is 12.6. The van der Waals surface area contributed by atoms with Gasteiger partial charge in [0.25, 0.3) is 0 Å². The lowest BCUT2D eigenvalue weighted by Crippen LogP contribution is -2.07. The minimum absolute atomic E-state index is 0.0291. The summed E-state index contributed by atoms with van der Waals surface area (Å²) in [5.74, 6) is 0.644. The third kappa shape index (κ3) is 2.29. The van der Waals surface area contributed by atoms with Crippen molar-refractivity contribution in [1.82, 2.24) is 0 Å². The Hall–Kier alpha value is -2.61. The zero-order valence-corrected chi connectivity index (χ0v) is 12.1. The van der Waals surface area contributed by atoms with E-state index in [2.05, 4.69) is 0 Å². The van der Waals surface area contributed by atoms with Gasteiger partial charge in [0.05, 0.1) is 5.39 Å². The molecule has 2 aromatic carbocycles. The number of rotatable bonds is 2. The van der Waals surface area contributed by atoms with Crippen LogP contribution in [0.3, 0.4) is 0 Å². The Labute approximate surface area is 123 Å². The summed E-state index contributed by atoms with van der Waals surface area (Å²) < 4.78 is 6.09. The third-order valence-electron chi connectivity index (χ3n) is 3.56. The van der Waals surface area contributed by atoms with Crippen LogP contribution in [0.15, 0.2) is 63.8 Å². The summed E-state index contributed by atoms with van der Waals surface area (Å²) in [6.45, 7) is 3.76. The molecule has 3 aromatic rings. The van der Waals surface area contributed by atoms with E-state index in [1.165, 1.54) is 0 Å². The standard InChI is InChI=1S/C19H16O2/c1-3-8-14-11-7-12-16-17(20)13(2)18(21-19(14)16)15-9-5-4-6-10-15/h3-12H,1-2H3/b8-3-. The van der Waals surface area contributed by atoms with Crippen LogP contribution in [0.5, 0.6) is 0 Å². The molecule has 0 bridgehead atoms. The lowest BCUT2D eigenvalue weighted by atomic mass is 10.0. The van der Waals surface area contributed by atoms with Crippen molar-refractivity contribution >= 4 is 17.0 Å². The average molecular weight is 276 g/mol. The fraction of sp³-hybridized carbons (Fsp3) is 0.105. The van der Waals surface area contributed by atoms with E-state index in [0.717, 1.165) is 11.1 Å². The highest BCUT2D eigenvalue weighted by atomic mass is 16.3. The number of para-hydroxylation sites is 1. The monoisotopic (exact) mass is 276 g/mol. The smallest absolute Gasteiger partial charge is 0.196 e. The van der Waals surface area contributed by atoms with E-state index in [4.69, 9.17) is 4.42 Å². The van der Waals surface area contributed by atoms with Gasteiger partial charge in [0.15, 0.2) is 5.43 Å². The Kier molecular flexibility index (Phi) is 3.44. The van der Waals surface area contributed by atoms with Gasteiger partial charge in [0, 0.05) is 16.7 Å². The van der Waals surface area contributed by atoms with E-state index in [1.807, 2.05) is 74.5 Å². The van der Waals surface area contributed by atoms with Gasteiger partial charge in [-0.05, 0) is 19.9 Å². The van der Waals surface area contributed by atoms with E-state index in [-0.39, 0.29) is 5.43 Å². The van der Waals surface area contributed by atoms with E-state index >= 15 is 0 Å². The predicted octanol–water partition coefficient (Wildman–Crippen LogP) is 4.80. The fourth-order valence-electron chi connectivity index (χ4n) is 2.51. The lowest BCUT2D eigenvalue weighted by molar-refractivity contribution is 0.613. The average Bonchev–Trinajstić information content (AvgIpc) is 2.52. The maximum Gasteiger partial charge on any atom is 0.196 e. The summed E-state index contributed by atoms with van der Waals surface area (Å²) in [6, 6.07) is 15.4. The van der Waals surface area contributed by atoms with Gasteiger partial charge in [-0.1, -0.05) is 54.6 Å². The molecule has 0 unspecified atom stereocenters. The number of benzene rings is 2. The molecule has 0 saturated carbocycles. The molecule has 0 fully saturated rings. The SMILES string of the molecule is C/C=C\c1cccc2c(=O)c(C)c(-c3ccccc3)oc12. The highest BCUT2D eigenvalue weighted by Gasteiger charge is 2.13. The second kappa shape index (κ2) is 5.41. The zero-order chi connectivity index (χ0) is 14.8. The van der Waals surface area contributed by atoms with E-state index in [1.54, 1.807) is 0 Å². The summed E-state index contributed by atoms with van der Waals surface area (Å²) in [5.41, 5.74) is 3.16. The van der Waals surface area contributed by atoms with Crippen molar-refractivity contribution in [2.24, 2.45) is 0 Å². The van der Waals surface area contributed by atoms with E-state index < -0.39 is 0 Å². The molecule has 0 aliphatic carbocycles. The first-order valence-electron chi connectivity index (χ1n) is 6.97. The van der Waals surface area contributed by atoms with Crippen LogP contribution in [0.1, 0.15) is 18.1 Å². The molecular formula is C19H16O2. The molecule has 0 aliphatic heterocycles. The Balaban J connectivity index is 2.40. The van der Waals surface area contributed by atoms with Gasteiger partial charge < -0.3 is 4.42 Å². The van der Waals surface area contributed by atoms with Crippen LogP contribution in [0.25, 0.3) is 28.4 Å². The first-order chi connectivity index (χ1) is 10.2. The van der Waals surface area contributed by atoms with Crippen molar-refractivity contribution in [2.75, 3.05) is 0 Å². The fourth-order valence-corrected chi connectivity index (χ4v) is 2.51. The molecule has 1 heterocycles. The van der Waals surface area contributed by atoms with Gasteiger partial charge in [-0.3, -0.25) is 4.79 Å². The van der Waals surface area contributed by atoms with Crippen LogP contribution in [-0.2, 0) is 0 Å². The van der Waals surface area contributed by atoms with E-state index in [9.17, 15) is 4.79 Å². The molecule has 0 aliphatic rings. The highest BCUT2D eigenvalue weighted by molar-refractivity contribution is 5.87. The van der Waals surface area contributed by atoms with Crippen molar-refractivity contribution in [3.8, 4) is 11.3 Å². The molecule has 0 atom stereocenters. The second-order valence-corrected chi connectivity index (χ2v) is 4.98. The minimum atomic E-state index is 0.0291. The van der Waals surface area contributed by atoms with Gasteiger partial charge >= 0.3 is 0 Å². The molecule has 0 spiro atoms. The Morgan fingerprint density at radius 3 is 2.48 bits per heavy atom. The number of allylic oxidation sites excluding steroid dienone is 1. The van der Waals surface area contributed by atoms with Crippen LogP contribution in [0, 0.1) is 6.92 Å². The maximum atomic E-state index is 12.6. The predicted molar refractivity (Wildman–Crippen MR) is 87.4 cm³/mol. The minimum Gasteiger partial charge on any atom is -0.455 e. The van der Waals surface area contributed by atoms with Gasteiger partial charge in [-0.25, -0.2) is 0 Å². The van der Waals surface area contributed by atoms with Gasteiger partial charge in [-0.15, -0.1) is 0 Å². The Morgan fingerprint density at radius 1 is 1.00 bits per heavy atom. The van der Waals surface area contributed by atoms with Crippen LogP contribution >= 0.6 is 0 Å². The van der Waals surface area contributed by atoms with Crippen molar-refractivity contribution in [1.29, 1.82) is 0 Å². The Bertz CT molecular complexity index is 871. The first kappa shape index (κ1) is 13.4. The van der Waals surface area contributed by atoms with Crippen molar-refractivity contribution < 1.29 is 4.42 Å². The maximum absolute atomic E-state index is 12.6. The van der Waals surface area contributed by atoms with Gasteiger partial charge in [-0.2, -0.15) is 0 Å².